The molecule has 1 atom stereocenters. The summed E-state index contributed by atoms with van der Waals surface area (Å²) in [4.78, 5) is 11.9. The van der Waals surface area contributed by atoms with E-state index in [-0.39, 0.29) is 5.91 Å². The van der Waals surface area contributed by atoms with Crippen LogP contribution in [-0.2, 0) is 9.53 Å². The Labute approximate surface area is 137 Å². The first-order valence-electron chi connectivity index (χ1n) is 7.88. The zero-order valence-corrected chi connectivity index (χ0v) is 13.6. The summed E-state index contributed by atoms with van der Waals surface area (Å²) in [7, 11) is 0. The maximum atomic E-state index is 11.9. The van der Waals surface area contributed by atoms with Crippen LogP contribution in [0.4, 0.5) is 0 Å². The Morgan fingerprint density at radius 1 is 1.04 bits per heavy atom. The number of rotatable bonds is 8. The van der Waals surface area contributed by atoms with Crippen molar-refractivity contribution in [2.24, 2.45) is 0 Å². The van der Waals surface area contributed by atoms with Gasteiger partial charge in [0.1, 0.15) is 5.75 Å². The highest BCUT2D eigenvalue weighted by Gasteiger charge is 2.13. The molecule has 0 radical (unpaired) electrons. The Morgan fingerprint density at radius 3 is 2.35 bits per heavy atom. The lowest BCUT2D eigenvalue weighted by Crippen LogP contribution is -2.38. The molecular formula is C19H23NO3. The summed E-state index contributed by atoms with van der Waals surface area (Å²) in [6.07, 6.45) is -0.542. The maximum Gasteiger partial charge on any atom is 0.260 e. The van der Waals surface area contributed by atoms with Crippen LogP contribution in [0.15, 0.2) is 54.6 Å². The Kier molecular flexibility index (Phi) is 6.63. The van der Waals surface area contributed by atoms with Gasteiger partial charge in [-0.05, 0) is 37.1 Å². The quantitative estimate of drug-likeness (QED) is 0.761. The van der Waals surface area contributed by atoms with E-state index in [1.165, 1.54) is 0 Å². The van der Waals surface area contributed by atoms with Crippen molar-refractivity contribution >= 4 is 5.91 Å². The van der Waals surface area contributed by atoms with Crippen molar-refractivity contribution < 1.29 is 14.3 Å². The Morgan fingerprint density at radius 2 is 1.70 bits per heavy atom. The summed E-state index contributed by atoms with van der Waals surface area (Å²) < 4.78 is 10.9. The van der Waals surface area contributed by atoms with E-state index in [4.69, 9.17) is 9.47 Å². The van der Waals surface area contributed by atoms with Crippen molar-refractivity contribution in [3.8, 4) is 16.9 Å². The van der Waals surface area contributed by atoms with Gasteiger partial charge in [-0.1, -0.05) is 42.5 Å². The van der Waals surface area contributed by atoms with E-state index in [9.17, 15) is 4.79 Å². The highest BCUT2D eigenvalue weighted by atomic mass is 16.5. The van der Waals surface area contributed by atoms with Crippen molar-refractivity contribution in [2.45, 2.75) is 20.0 Å². The summed E-state index contributed by atoms with van der Waals surface area (Å²) >= 11 is 0. The van der Waals surface area contributed by atoms with Crippen LogP contribution in [0.3, 0.4) is 0 Å². The number of hydrogen-bond donors (Lipinski definition) is 1. The first-order chi connectivity index (χ1) is 11.2. The molecule has 0 aliphatic carbocycles. The normalized spacial score (nSPS) is 11.7. The van der Waals surface area contributed by atoms with Crippen LogP contribution in [0.2, 0.25) is 0 Å². The van der Waals surface area contributed by atoms with Gasteiger partial charge in [0.25, 0.3) is 5.91 Å². The molecule has 0 aliphatic rings. The number of benzene rings is 2. The second kappa shape index (κ2) is 8.96. The smallest absolute Gasteiger partial charge is 0.260 e. The molecule has 0 aromatic heterocycles. The van der Waals surface area contributed by atoms with Crippen LogP contribution >= 0.6 is 0 Å². The van der Waals surface area contributed by atoms with Crippen molar-refractivity contribution in [1.82, 2.24) is 5.32 Å². The fourth-order valence-corrected chi connectivity index (χ4v) is 2.15. The minimum atomic E-state index is -0.542. The Bertz CT molecular complexity index is 596. The first-order valence-corrected chi connectivity index (χ1v) is 7.88. The molecule has 2 aromatic rings. The number of carbonyl (C=O) groups excluding carboxylic acids is 1. The molecule has 0 saturated carbocycles. The van der Waals surface area contributed by atoms with Crippen LogP contribution < -0.4 is 10.1 Å². The lowest BCUT2D eigenvalue weighted by Gasteiger charge is -2.15. The van der Waals surface area contributed by atoms with Crippen LogP contribution in [0.1, 0.15) is 13.8 Å². The van der Waals surface area contributed by atoms with Gasteiger partial charge in [0.2, 0.25) is 0 Å². The number of nitrogens with one attached hydrogen (secondary N) is 1. The summed E-state index contributed by atoms with van der Waals surface area (Å²) in [5.74, 6) is 0.536. The number of ether oxygens (including phenoxy) is 2. The Hall–Kier alpha value is -2.33. The molecule has 4 heteroatoms. The lowest BCUT2D eigenvalue weighted by atomic mass is 10.1. The molecule has 1 unspecified atom stereocenters. The van der Waals surface area contributed by atoms with Crippen molar-refractivity contribution in [3.05, 3.63) is 54.6 Å². The molecule has 2 rings (SSSR count). The van der Waals surface area contributed by atoms with E-state index in [1.54, 1.807) is 6.92 Å². The Balaban J connectivity index is 1.86. The van der Waals surface area contributed by atoms with Crippen LogP contribution in [-0.4, -0.2) is 31.8 Å². The van der Waals surface area contributed by atoms with Gasteiger partial charge in [-0.2, -0.15) is 0 Å². The van der Waals surface area contributed by atoms with Gasteiger partial charge in [-0.15, -0.1) is 0 Å². The molecule has 0 bridgehead atoms. The van der Waals surface area contributed by atoms with Crippen molar-refractivity contribution in [1.29, 1.82) is 0 Å². The predicted octanol–water partition coefficient (Wildman–Crippen LogP) is 3.27. The number of hydrogen-bond acceptors (Lipinski definition) is 3. The van der Waals surface area contributed by atoms with Gasteiger partial charge in [0.15, 0.2) is 6.10 Å². The van der Waals surface area contributed by atoms with Gasteiger partial charge in [-0.3, -0.25) is 4.79 Å². The molecular weight excluding hydrogens is 290 g/mol. The average Bonchev–Trinajstić information content (AvgIpc) is 2.60. The zero-order valence-electron chi connectivity index (χ0n) is 13.6. The van der Waals surface area contributed by atoms with Crippen molar-refractivity contribution in [2.75, 3.05) is 19.8 Å². The second-order valence-electron chi connectivity index (χ2n) is 5.14. The second-order valence-corrected chi connectivity index (χ2v) is 5.14. The van der Waals surface area contributed by atoms with E-state index >= 15 is 0 Å². The summed E-state index contributed by atoms with van der Waals surface area (Å²) in [5, 5.41) is 2.79. The standard InChI is InChI=1S/C19H23NO3/c1-3-22-14-13-20-19(21)15(2)23-18-11-9-17(10-12-18)16-7-5-4-6-8-16/h4-12,15H,3,13-14H2,1-2H3,(H,20,21). The molecule has 1 amide bonds. The summed E-state index contributed by atoms with van der Waals surface area (Å²) in [6, 6.07) is 17.9. The summed E-state index contributed by atoms with van der Waals surface area (Å²) in [5.41, 5.74) is 2.27. The molecule has 0 spiro atoms. The third kappa shape index (κ3) is 5.42. The molecule has 1 N–H and O–H groups in total. The number of carbonyl (C=O) groups is 1. The first kappa shape index (κ1) is 17.0. The zero-order chi connectivity index (χ0) is 16.5. The van der Waals surface area contributed by atoms with Crippen LogP contribution in [0.25, 0.3) is 11.1 Å². The van der Waals surface area contributed by atoms with Gasteiger partial charge in [0, 0.05) is 13.2 Å². The average molecular weight is 313 g/mol. The third-order valence-corrected chi connectivity index (χ3v) is 3.39. The lowest BCUT2D eigenvalue weighted by molar-refractivity contribution is -0.127. The molecule has 0 aliphatic heterocycles. The van der Waals surface area contributed by atoms with Gasteiger partial charge in [-0.25, -0.2) is 0 Å². The van der Waals surface area contributed by atoms with Crippen LogP contribution in [0, 0.1) is 0 Å². The molecule has 122 valence electrons. The monoisotopic (exact) mass is 313 g/mol. The topological polar surface area (TPSA) is 47.6 Å². The van der Waals surface area contributed by atoms with E-state index < -0.39 is 6.10 Å². The largest absolute Gasteiger partial charge is 0.481 e. The van der Waals surface area contributed by atoms with E-state index in [0.29, 0.717) is 25.5 Å². The third-order valence-electron chi connectivity index (χ3n) is 3.39. The van der Waals surface area contributed by atoms with Crippen LogP contribution in [0.5, 0.6) is 5.75 Å². The fourth-order valence-electron chi connectivity index (χ4n) is 2.15. The minimum Gasteiger partial charge on any atom is -0.481 e. The highest BCUT2D eigenvalue weighted by molar-refractivity contribution is 5.80. The highest BCUT2D eigenvalue weighted by Crippen LogP contribution is 2.22. The maximum absolute atomic E-state index is 11.9. The molecule has 0 heterocycles. The van der Waals surface area contributed by atoms with Crippen molar-refractivity contribution in [3.63, 3.8) is 0 Å². The van der Waals surface area contributed by atoms with E-state index in [0.717, 1.165) is 11.1 Å². The minimum absolute atomic E-state index is 0.142. The molecule has 4 nitrogen and oxygen atoms in total. The molecule has 0 saturated heterocycles. The molecule has 2 aromatic carbocycles. The van der Waals surface area contributed by atoms with Gasteiger partial charge >= 0.3 is 0 Å². The SMILES string of the molecule is CCOCCNC(=O)C(C)Oc1ccc(-c2ccccc2)cc1. The van der Waals surface area contributed by atoms with Gasteiger partial charge in [0.05, 0.1) is 6.61 Å². The van der Waals surface area contributed by atoms with Gasteiger partial charge < -0.3 is 14.8 Å². The van der Waals surface area contributed by atoms with E-state index in [2.05, 4.69) is 17.4 Å². The summed E-state index contributed by atoms with van der Waals surface area (Å²) in [6.45, 7) is 5.32. The predicted molar refractivity (Wildman–Crippen MR) is 91.5 cm³/mol. The fraction of sp³-hybridized carbons (Fsp3) is 0.316. The molecule has 0 fully saturated rings. The number of amides is 1. The van der Waals surface area contributed by atoms with E-state index in [1.807, 2.05) is 49.4 Å². The molecule has 23 heavy (non-hydrogen) atoms.